The molecule has 12 bridgehead atoms. The van der Waals surface area contributed by atoms with Crippen LogP contribution < -0.4 is 5.73 Å². The standard InChI is InChI=1S/C65H81N3O5/c66-27-9-14-39-12-8-16-48-54(39)59(70)73-65(48)52-30-40(38-10-1-2-11-38)17-19-46-45-15-7-13-41-29-42-18-20-49-43-28-37-34-67(36-43)50(44-32-61(22-3-4-23-61)62(33-44)24-5-6-25-62)31-51(69)58-63(65)26-21-47(56(46)64(52,63)60(71)72-58)55(53(41)45)57(42)68(49)35-37/h7-8,12,15-17,19,37-38,40-41,43-46,49-50,52-53,55,69H,1-6,9-11,13-14,18,20-36,66H2/b19-17-,58-51+/t37-,40-,41-,43+,45+,46-,49+,50+,52+,53+,55+,63-,64-,65-/m1/s1. The van der Waals surface area contributed by atoms with E-state index in [2.05, 4.69) is 52.3 Å². The number of aliphatic hydroxyl groups is 1. The Kier molecular flexibility index (Phi) is 9.34. The molecule has 1 aromatic rings. The topological polar surface area (TPSA) is 105 Å². The third-order valence-corrected chi connectivity index (χ3v) is 26.2. The van der Waals surface area contributed by atoms with Gasteiger partial charge in [-0.15, -0.1) is 0 Å². The van der Waals surface area contributed by atoms with E-state index in [1.807, 2.05) is 0 Å². The quantitative estimate of drug-likeness (QED) is 0.222. The largest absolute Gasteiger partial charge is 0.509 e. The summed E-state index contributed by atoms with van der Waals surface area (Å²) in [6.07, 6.45) is 39.4. The molecule has 0 radical (unpaired) electrons. The van der Waals surface area contributed by atoms with Crippen molar-refractivity contribution in [3.63, 3.8) is 0 Å². The van der Waals surface area contributed by atoms with E-state index in [1.165, 1.54) is 121 Å². The van der Waals surface area contributed by atoms with Crippen LogP contribution in [0.4, 0.5) is 0 Å². The van der Waals surface area contributed by atoms with Gasteiger partial charge in [0, 0.05) is 67.2 Å². The summed E-state index contributed by atoms with van der Waals surface area (Å²) in [5.74, 6) is 4.32. The maximum Gasteiger partial charge on any atom is 0.339 e. The molecular formula is C65H81N3O5. The highest BCUT2D eigenvalue weighted by Crippen LogP contribution is 2.89. The van der Waals surface area contributed by atoms with Crippen LogP contribution in [0.25, 0.3) is 0 Å². The first kappa shape index (κ1) is 44.5. The maximum atomic E-state index is 16.7. The Morgan fingerprint density at radius 1 is 0.795 bits per heavy atom. The van der Waals surface area contributed by atoms with Crippen LogP contribution >= 0.6 is 0 Å². The minimum absolute atomic E-state index is 0.0576. The molecule has 1 aromatic carbocycles. The van der Waals surface area contributed by atoms with Gasteiger partial charge in [0.15, 0.2) is 11.4 Å². The normalized spacial score (nSPS) is 47.2. The number of nitrogens with zero attached hydrogens (tertiary/aromatic N) is 2. The molecule has 19 aliphatic rings. The number of fused-ring (bicyclic) bond motifs is 5. The van der Waals surface area contributed by atoms with E-state index in [4.69, 9.17) is 15.2 Å². The van der Waals surface area contributed by atoms with Gasteiger partial charge < -0.3 is 25.2 Å². The van der Waals surface area contributed by atoms with Crippen molar-refractivity contribution >= 4 is 11.9 Å². The molecule has 8 nitrogen and oxygen atoms in total. The molecule has 73 heavy (non-hydrogen) atoms. The van der Waals surface area contributed by atoms with Gasteiger partial charge in [-0.1, -0.05) is 92.2 Å². The fraction of sp³-hybridized carbons (Fsp3) is 0.723. The molecular weight excluding hydrogens is 903 g/mol. The molecule has 15 atom stereocenters. The lowest BCUT2D eigenvalue weighted by Gasteiger charge is -2.73. The van der Waals surface area contributed by atoms with E-state index < -0.39 is 16.4 Å². The Labute approximate surface area is 434 Å². The van der Waals surface area contributed by atoms with Crippen LogP contribution in [0.15, 0.2) is 76.4 Å². The summed E-state index contributed by atoms with van der Waals surface area (Å²) in [5, 5.41) is 13.9. The number of allylic oxidation sites excluding steroid dienone is 6. The minimum atomic E-state index is -1.15. The van der Waals surface area contributed by atoms with E-state index in [9.17, 15) is 5.11 Å². The molecule has 8 heteroatoms. The lowest BCUT2D eigenvalue weighted by molar-refractivity contribution is -0.283. The zero-order valence-electron chi connectivity index (χ0n) is 43.6. The number of piperidine rings is 2. The number of rotatable bonds is 5. The third-order valence-electron chi connectivity index (χ3n) is 26.2. The van der Waals surface area contributed by atoms with E-state index in [-0.39, 0.29) is 47.6 Å². The van der Waals surface area contributed by atoms with Crippen molar-refractivity contribution in [3.05, 3.63) is 93.1 Å². The number of carbonyl (C=O) groups excluding carboxylic acids is 2. The number of carbonyl (C=O) groups is 2. The van der Waals surface area contributed by atoms with E-state index in [1.54, 1.807) is 16.8 Å². The number of hydrogen-bond acceptors (Lipinski definition) is 8. The molecule has 386 valence electrons. The first-order valence-electron chi connectivity index (χ1n) is 30.8. The van der Waals surface area contributed by atoms with Crippen LogP contribution in [0.3, 0.4) is 0 Å². The van der Waals surface area contributed by atoms with Gasteiger partial charge >= 0.3 is 11.9 Å². The fourth-order valence-corrected chi connectivity index (χ4v) is 24.2. The Bertz CT molecular complexity index is 2740. The smallest absolute Gasteiger partial charge is 0.339 e. The summed E-state index contributed by atoms with van der Waals surface area (Å²) in [6.45, 7) is 3.90. The zero-order chi connectivity index (χ0) is 48.4. The zero-order valence-corrected chi connectivity index (χ0v) is 43.6. The second-order valence-corrected chi connectivity index (χ2v) is 28.3. The highest BCUT2D eigenvalue weighted by molar-refractivity contribution is 6.00. The molecule has 5 saturated carbocycles. The van der Waals surface area contributed by atoms with Crippen LogP contribution in [0.1, 0.15) is 176 Å². The summed E-state index contributed by atoms with van der Waals surface area (Å²) in [7, 11) is 0. The molecule has 20 rings (SSSR count). The van der Waals surface area contributed by atoms with Crippen molar-refractivity contribution in [2.24, 2.45) is 92.5 Å². The van der Waals surface area contributed by atoms with Gasteiger partial charge in [0.05, 0.1) is 11.0 Å². The number of aliphatic hydroxyl groups excluding tert-OH is 1. The predicted molar refractivity (Wildman–Crippen MR) is 279 cm³/mol. The molecule has 9 aliphatic heterocycles. The van der Waals surface area contributed by atoms with E-state index >= 15 is 9.59 Å². The lowest BCUT2D eigenvalue weighted by Crippen LogP contribution is -2.78. The summed E-state index contributed by atoms with van der Waals surface area (Å²) in [4.78, 5) is 38.1. The summed E-state index contributed by atoms with van der Waals surface area (Å²) in [6, 6.07) is 7.20. The summed E-state index contributed by atoms with van der Waals surface area (Å²) >= 11 is 0. The molecule has 3 N–H and O–H groups in total. The van der Waals surface area contributed by atoms with Crippen LogP contribution in [0, 0.1) is 86.8 Å². The van der Waals surface area contributed by atoms with Crippen molar-refractivity contribution in [2.75, 3.05) is 26.2 Å². The predicted octanol–water partition coefficient (Wildman–Crippen LogP) is 12.2. The first-order chi connectivity index (χ1) is 35.7. The van der Waals surface area contributed by atoms with Crippen molar-refractivity contribution < 1.29 is 24.2 Å². The molecule has 0 amide bonds. The second-order valence-electron chi connectivity index (χ2n) is 28.3. The van der Waals surface area contributed by atoms with Gasteiger partial charge in [0.2, 0.25) is 0 Å². The molecule has 5 spiro atoms. The van der Waals surface area contributed by atoms with Crippen molar-refractivity contribution in [1.82, 2.24) is 9.80 Å². The minimum Gasteiger partial charge on any atom is -0.509 e. The van der Waals surface area contributed by atoms with Crippen molar-refractivity contribution in [1.29, 1.82) is 0 Å². The number of aryl methyl sites for hydroxylation is 1. The number of nitrogens with two attached hydrogens (primary N) is 1. The summed E-state index contributed by atoms with van der Waals surface area (Å²) < 4.78 is 14.8. The van der Waals surface area contributed by atoms with Gasteiger partial charge in [-0.3, -0.25) is 9.69 Å². The third kappa shape index (κ3) is 5.26. The highest BCUT2D eigenvalue weighted by Gasteiger charge is 2.94. The Morgan fingerprint density at radius 2 is 1.60 bits per heavy atom. The highest BCUT2D eigenvalue weighted by atomic mass is 16.6. The number of esters is 2. The van der Waals surface area contributed by atoms with E-state index in [0.29, 0.717) is 95.3 Å². The van der Waals surface area contributed by atoms with Crippen molar-refractivity contribution in [3.8, 4) is 0 Å². The van der Waals surface area contributed by atoms with Crippen LogP contribution in [-0.2, 0) is 26.3 Å². The monoisotopic (exact) mass is 984 g/mol. The second kappa shape index (κ2) is 15.3. The van der Waals surface area contributed by atoms with Crippen LogP contribution in [-0.4, -0.2) is 65.1 Å². The van der Waals surface area contributed by atoms with Crippen LogP contribution in [0.5, 0.6) is 0 Å². The molecule has 0 aromatic heterocycles. The Morgan fingerprint density at radius 3 is 2.40 bits per heavy atom. The Balaban J connectivity index is 0.942. The molecule has 9 heterocycles. The van der Waals surface area contributed by atoms with Crippen molar-refractivity contribution in [2.45, 2.75) is 178 Å². The molecule has 8 fully saturated rings. The molecule has 10 aliphatic carbocycles. The number of ether oxygens (including phenoxy) is 2. The number of hydrogen-bond donors (Lipinski definition) is 2. The van der Waals surface area contributed by atoms with Gasteiger partial charge in [-0.05, 0) is 191 Å². The van der Waals surface area contributed by atoms with Gasteiger partial charge in [0.25, 0.3) is 0 Å². The maximum absolute atomic E-state index is 16.7. The number of benzene rings is 1. The van der Waals surface area contributed by atoms with Gasteiger partial charge in [-0.25, -0.2) is 4.79 Å². The van der Waals surface area contributed by atoms with Crippen LogP contribution in [0.2, 0.25) is 0 Å². The van der Waals surface area contributed by atoms with E-state index in [0.717, 1.165) is 56.4 Å². The lowest BCUT2D eigenvalue weighted by atomic mass is 9.27. The summed E-state index contributed by atoms with van der Waals surface area (Å²) in [5.41, 5.74) is 12.8. The fourth-order valence-electron chi connectivity index (χ4n) is 24.2. The van der Waals surface area contributed by atoms with Gasteiger partial charge in [-0.2, -0.15) is 0 Å². The average molecular weight is 984 g/mol. The first-order valence-corrected chi connectivity index (χ1v) is 30.8. The molecule has 1 unspecified atom stereocenters. The van der Waals surface area contributed by atoms with Gasteiger partial charge in [0.1, 0.15) is 11.2 Å². The molecule has 3 saturated heterocycles. The SMILES string of the molecule is NCCCc1cccc2c1C(=O)O[C@@]21[C@H]2C[C@H](C3CCCC3)/C=C\[C@H]3C4=C5CC[C@]16/C(=C(\O)C[C@@H](C1CC7(CCCC7)C7(CCCC7)C1)N1C[C@H]7C[C@@H](C1)[C@@H]1CCC8=C([C@@H]5[C@H]5[C@H](CC=C[C@H]53)C8)N1C7)OC(=O)[C@]426. The average Bonchev–Trinajstić information content (AvgIpc) is 4.31. The Hall–Kier alpha value is -3.62.